The van der Waals surface area contributed by atoms with Crippen molar-refractivity contribution in [2.24, 2.45) is 0 Å². The molecule has 0 saturated heterocycles. The van der Waals surface area contributed by atoms with Crippen molar-refractivity contribution >= 4 is 22.6 Å². The molecule has 1 aromatic carbocycles. The summed E-state index contributed by atoms with van der Waals surface area (Å²) in [6.45, 7) is 7.72. The van der Waals surface area contributed by atoms with Gasteiger partial charge in [0.2, 0.25) is 0 Å². The fourth-order valence-corrected chi connectivity index (χ4v) is 3.24. The van der Waals surface area contributed by atoms with E-state index in [2.05, 4.69) is 66.9 Å². The first-order valence-corrected chi connectivity index (χ1v) is 8.77. The number of aryl methyl sites for hydroxylation is 1. The Morgan fingerprint density at radius 3 is 2.53 bits per heavy atom. The molecule has 0 aliphatic rings. The van der Waals surface area contributed by atoms with Crippen LogP contribution < -0.4 is 5.32 Å². The predicted molar refractivity (Wildman–Crippen MR) is 93.7 cm³/mol. The SMILES string of the molecule is CCCCCCCC(NCC)c1cccc(C)c1I. The lowest BCUT2D eigenvalue weighted by molar-refractivity contribution is 0.477. The monoisotopic (exact) mass is 373 g/mol. The Morgan fingerprint density at radius 1 is 1.11 bits per heavy atom. The maximum atomic E-state index is 3.65. The third kappa shape index (κ3) is 5.82. The number of benzene rings is 1. The zero-order valence-corrected chi connectivity index (χ0v) is 14.8. The third-order valence-electron chi connectivity index (χ3n) is 3.64. The molecule has 0 spiro atoms. The van der Waals surface area contributed by atoms with Gasteiger partial charge in [0.05, 0.1) is 0 Å². The lowest BCUT2D eigenvalue weighted by Gasteiger charge is -2.20. The van der Waals surface area contributed by atoms with E-state index in [0.29, 0.717) is 6.04 Å². The van der Waals surface area contributed by atoms with Crippen molar-refractivity contribution in [1.29, 1.82) is 0 Å². The average Bonchev–Trinajstić information content (AvgIpc) is 2.41. The van der Waals surface area contributed by atoms with Crippen LogP contribution in [-0.4, -0.2) is 6.54 Å². The molecule has 0 aromatic heterocycles. The molecule has 0 radical (unpaired) electrons. The Hall–Kier alpha value is -0.0900. The first-order valence-electron chi connectivity index (χ1n) is 7.69. The lowest BCUT2D eigenvalue weighted by Crippen LogP contribution is -2.22. The van der Waals surface area contributed by atoms with E-state index in [9.17, 15) is 0 Å². The Kier molecular flexibility index (Phi) is 8.71. The summed E-state index contributed by atoms with van der Waals surface area (Å²) in [6.07, 6.45) is 8.07. The summed E-state index contributed by atoms with van der Waals surface area (Å²) in [5.74, 6) is 0. The molecule has 0 heterocycles. The predicted octanol–water partition coefficient (Wildman–Crippen LogP) is 5.61. The van der Waals surface area contributed by atoms with Gasteiger partial charge in [-0.25, -0.2) is 0 Å². The van der Waals surface area contributed by atoms with Crippen LogP contribution in [-0.2, 0) is 0 Å². The zero-order valence-electron chi connectivity index (χ0n) is 12.6. The van der Waals surface area contributed by atoms with Gasteiger partial charge in [0.15, 0.2) is 0 Å². The molecule has 0 aliphatic carbocycles. The highest BCUT2D eigenvalue weighted by Gasteiger charge is 2.13. The molecule has 0 fully saturated rings. The van der Waals surface area contributed by atoms with Crippen molar-refractivity contribution in [1.82, 2.24) is 5.32 Å². The Labute approximate surface area is 132 Å². The molecule has 1 atom stereocenters. The van der Waals surface area contributed by atoms with Gasteiger partial charge in [0.25, 0.3) is 0 Å². The minimum absolute atomic E-state index is 0.526. The van der Waals surface area contributed by atoms with E-state index in [-0.39, 0.29) is 0 Å². The second kappa shape index (κ2) is 9.76. The Morgan fingerprint density at radius 2 is 1.84 bits per heavy atom. The van der Waals surface area contributed by atoms with E-state index in [0.717, 1.165) is 6.54 Å². The van der Waals surface area contributed by atoms with Crippen molar-refractivity contribution in [2.75, 3.05) is 6.54 Å². The molecule has 1 N–H and O–H groups in total. The van der Waals surface area contributed by atoms with Crippen LogP contribution in [0.4, 0.5) is 0 Å². The van der Waals surface area contributed by atoms with Gasteiger partial charge in [-0.05, 0) is 53.6 Å². The Bertz CT molecular complexity index is 362. The molecule has 1 nitrogen and oxygen atoms in total. The third-order valence-corrected chi connectivity index (χ3v) is 5.12. The van der Waals surface area contributed by atoms with Gasteiger partial charge < -0.3 is 5.32 Å². The topological polar surface area (TPSA) is 12.0 Å². The molecule has 0 aliphatic heterocycles. The molecule has 0 bridgehead atoms. The first-order chi connectivity index (χ1) is 9.20. The van der Waals surface area contributed by atoms with Gasteiger partial charge >= 0.3 is 0 Å². The van der Waals surface area contributed by atoms with Gasteiger partial charge in [-0.2, -0.15) is 0 Å². The van der Waals surface area contributed by atoms with Gasteiger partial charge in [-0.15, -0.1) is 0 Å². The molecule has 0 saturated carbocycles. The number of hydrogen-bond acceptors (Lipinski definition) is 1. The van der Waals surface area contributed by atoms with Gasteiger partial charge in [0.1, 0.15) is 0 Å². The van der Waals surface area contributed by atoms with Crippen LogP contribution in [0.5, 0.6) is 0 Å². The van der Waals surface area contributed by atoms with Gasteiger partial charge in [-0.1, -0.05) is 64.2 Å². The molecule has 2 heteroatoms. The summed E-state index contributed by atoms with van der Waals surface area (Å²) in [5, 5.41) is 3.65. The summed E-state index contributed by atoms with van der Waals surface area (Å²) in [7, 11) is 0. The largest absolute Gasteiger partial charge is 0.310 e. The van der Waals surface area contributed by atoms with E-state index in [1.165, 1.54) is 53.2 Å². The highest BCUT2D eigenvalue weighted by Crippen LogP contribution is 2.26. The molecular weight excluding hydrogens is 345 g/mol. The summed E-state index contributed by atoms with van der Waals surface area (Å²) in [6, 6.07) is 7.20. The number of hydrogen-bond donors (Lipinski definition) is 1. The second-order valence-corrected chi connectivity index (χ2v) is 6.37. The molecule has 108 valence electrons. The van der Waals surface area contributed by atoms with Crippen LogP contribution >= 0.6 is 22.6 Å². The fourth-order valence-electron chi connectivity index (χ4n) is 2.51. The van der Waals surface area contributed by atoms with E-state index in [1.807, 2.05) is 0 Å². The normalized spacial score (nSPS) is 12.6. The van der Waals surface area contributed by atoms with Crippen LogP contribution in [0.15, 0.2) is 18.2 Å². The standard InChI is InChI=1S/C17H28IN/c1-4-6-7-8-9-13-16(19-5-2)15-12-10-11-14(3)17(15)18/h10-12,16,19H,4-9,13H2,1-3H3. The van der Waals surface area contributed by atoms with E-state index < -0.39 is 0 Å². The van der Waals surface area contributed by atoms with Crippen LogP contribution in [0.25, 0.3) is 0 Å². The summed E-state index contributed by atoms with van der Waals surface area (Å²) in [5.41, 5.74) is 2.88. The Balaban J connectivity index is 2.58. The summed E-state index contributed by atoms with van der Waals surface area (Å²) >= 11 is 2.49. The molecular formula is C17H28IN. The van der Waals surface area contributed by atoms with Crippen LogP contribution in [0, 0.1) is 10.5 Å². The molecule has 1 aromatic rings. The van der Waals surface area contributed by atoms with Crippen LogP contribution in [0.3, 0.4) is 0 Å². The quantitative estimate of drug-likeness (QED) is 0.438. The number of halogens is 1. The molecule has 1 unspecified atom stereocenters. The van der Waals surface area contributed by atoms with Gasteiger partial charge in [0, 0.05) is 9.61 Å². The van der Waals surface area contributed by atoms with Crippen molar-refractivity contribution < 1.29 is 0 Å². The summed E-state index contributed by atoms with van der Waals surface area (Å²) in [4.78, 5) is 0. The number of unbranched alkanes of at least 4 members (excludes halogenated alkanes) is 4. The summed E-state index contributed by atoms with van der Waals surface area (Å²) < 4.78 is 1.43. The minimum atomic E-state index is 0.526. The molecule has 0 amide bonds. The molecule has 19 heavy (non-hydrogen) atoms. The smallest absolute Gasteiger partial charge is 0.0330 e. The minimum Gasteiger partial charge on any atom is -0.310 e. The van der Waals surface area contributed by atoms with E-state index in [1.54, 1.807) is 0 Å². The van der Waals surface area contributed by atoms with Crippen molar-refractivity contribution in [3.63, 3.8) is 0 Å². The van der Waals surface area contributed by atoms with Crippen molar-refractivity contribution in [2.45, 2.75) is 65.3 Å². The van der Waals surface area contributed by atoms with E-state index in [4.69, 9.17) is 0 Å². The van der Waals surface area contributed by atoms with Crippen LogP contribution in [0.2, 0.25) is 0 Å². The fraction of sp³-hybridized carbons (Fsp3) is 0.647. The average molecular weight is 373 g/mol. The first kappa shape index (κ1) is 17.0. The maximum absolute atomic E-state index is 3.65. The second-order valence-electron chi connectivity index (χ2n) is 5.29. The molecule has 1 rings (SSSR count). The highest BCUT2D eigenvalue weighted by molar-refractivity contribution is 14.1. The van der Waals surface area contributed by atoms with Crippen molar-refractivity contribution in [3.8, 4) is 0 Å². The van der Waals surface area contributed by atoms with Crippen molar-refractivity contribution in [3.05, 3.63) is 32.9 Å². The number of nitrogens with one attached hydrogen (secondary N) is 1. The number of rotatable bonds is 9. The maximum Gasteiger partial charge on any atom is 0.0330 e. The van der Waals surface area contributed by atoms with Crippen LogP contribution in [0.1, 0.15) is 69.5 Å². The zero-order chi connectivity index (χ0) is 14.1. The highest BCUT2D eigenvalue weighted by atomic mass is 127. The van der Waals surface area contributed by atoms with E-state index >= 15 is 0 Å². The van der Waals surface area contributed by atoms with Gasteiger partial charge in [-0.3, -0.25) is 0 Å². The lowest BCUT2D eigenvalue weighted by atomic mass is 9.98.